The number of aliphatic hydroxyl groups excluding tert-OH is 1. The quantitative estimate of drug-likeness (QED) is 0.875. The molecule has 0 bridgehead atoms. The average molecular weight is 242 g/mol. The first-order valence-corrected chi connectivity index (χ1v) is 6.03. The molecule has 5 heteroatoms. The predicted octanol–water partition coefficient (Wildman–Crippen LogP) is 1.87. The third-order valence-corrected chi connectivity index (χ3v) is 3.29. The Bertz CT molecular complexity index is 342. The first-order valence-electron chi connectivity index (χ1n) is 5.66. The van der Waals surface area contributed by atoms with Gasteiger partial charge in [-0.05, 0) is 12.8 Å². The van der Waals surface area contributed by atoms with Crippen LogP contribution in [0.2, 0.25) is 5.02 Å². The molecule has 0 aromatic carbocycles. The molecule has 4 nitrogen and oxygen atoms in total. The second kappa shape index (κ2) is 5.46. The molecule has 1 aromatic heterocycles. The highest BCUT2D eigenvalue weighted by Crippen LogP contribution is 2.30. The highest BCUT2D eigenvalue weighted by atomic mass is 35.5. The summed E-state index contributed by atoms with van der Waals surface area (Å²) in [6.45, 7) is 0.707. The third-order valence-electron chi connectivity index (χ3n) is 3.03. The van der Waals surface area contributed by atoms with E-state index in [0.29, 0.717) is 17.6 Å². The van der Waals surface area contributed by atoms with Crippen LogP contribution < -0.4 is 4.90 Å². The molecule has 1 fully saturated rings. The van der Waals surface area contributed by atoms with Crippen LogP contribution in [0.15, 0.2) is 12.5 Å². The van der Waals surface area contributed by atoms with Gasteiger partial charge < -0.3 is 10.0 Å². The number of halogens is 1. The Labute approximate surface area is 100 Å². The molecule has 1 N–H and O–H groups in total. The molecule has 0 saturated heterocycles. The van der Waals surface area contributed by atoms with Crippen molar-refractivity contribution in [1.82, 2.24) is 9.97 Å². The van der Waals surface area contributed by atoms with Crippen molar-refractivity contribution in [2.24, 2.45) is 0 Å². The van der Waals surface area contributed by atoms with Crippen LogP contribution in [0.1, 0.15) is 25.7 Å². The predicted molar refractivity (Wildman–Crippen MR) is 63.7 cm³/mol. The van der Waals surface area contributed by atoms with Crippen LogP contribution in [0.3, 0.4) is 0 Å². The van der Waals surface area contributed by atoms with Crippen LogP contribution >= 0.6 is 11.6 Å². The summed E-state index contributed by atoms with van der Waals surface area (Å²) in [6.07, 6.45) is 7.90. The highest BCUT2D eigenvalue weighted by Gasteiger charge is 2.24. The van der Waals surface area contributed by atoms with E-state index in [0.717, 1.165) is 18.7 Å². The zero-order valence-electron chi connectivity index (χ0n) is 9.14. The van der Waals surface area contributed by atoms with Gasteiger partial charge in [-0.25, -0.2) is 9.97 Å². The molecule has 0 radical (unpaired) electrons. The third kappa shape index (κ3) is 2.44. The van der Waals surface area contributed by atoms with Gasteiger partial charge in [-0.2, -0.15) is 0 Å². The maximum Gasteiger partial charge on any atom is 0.151 e. The fourth-order valence-electron chi connectivity index (χ4n) is 2.30. The molecule has 0 atom stereocenters. The average Bonchev–Trinajstić information content (AvgIpc) is 2.80. The lowest BCUT2D eigenvalue weighted by molar-refractivity contribution is 0.297. The normalized spacial score (nSPS) is 16.6. The molecule has 0 aliphatic heterocycles. The summed E-state index contributed by atoms with van der Waals surface area (Å²) in [4.78, 5) is 10.2. The number of hydrogen-bond donors (Lipinski definition) is 1. The van der Waals surface area contributed by atoms with Crippen LogP contribution in [0.5, 0.6) is 0 Å². The summed E-state index contributed by atoms with van der Waals surface area (Å²) in [6, 6.07) is 0.458. The number of rotatable bonds is 4. The van der Waals surface area contributed by atoms with E-state index in [1.807, 2.05) is 0 Å². The van der Waals surface area contributed by atoms with Gasteiger partial charge in [0.15, 0.2) is 5.82 Å². The van der Waals surface area contributed by atoms with Crippen LogP contribution in [-0.2, 0) is 0 Å². The molecular formula is C11H16ClN3O. The van der Waals surface area contributed by atoms with Gasteiger partial charge in [0.2, 0.25) is 0 Å². The topological polar surface area (TPSA) is 49.2 Å². The largest absolute Gasteiger partial charge is 0.395 e. The van der Waals surface area contributed by atoms with E-state index in [1.165, 1.54) is 19.2 Å². The van der Waals surface area contributed by atoms with Gasteiger partial charge in [0.25, 0.3) is 0 Å². The number of aromatic nitrogens is 2. The van der Waals surface area contributed by atoms with Crippen molar-refractivity contribution in [1.29, 1.82) is 0 Å². The molecular weight excluding hydrogens is 226 g/mol. The molecule has 1 aliphatic carbocycles. The second-order valence-electron chi connectivity index (χ2n) is 4.05. The Morgan fingerprint density at radius 3 is 2.81 bits per heavy atom. The van der Waals surface area contributed by atoms with E-state index < -0.39 is 0 Å². The van der Waals surface area contributed by atoms with Crippen LogP contribution in [-0.4, -0.2) is 34.3 Å². The van der Waals surface area contributed by atoms with Gasteiger partial charge in [0.05, 0.1) is 12.8 Å². The van der Waals surface area contributed by atoms with Crippen molar-refractivity contribution in [3.8, 4) is 0 Å². The molecule has 0 spiro atoms. The molecule has 2 rings (SSSR count). The Balaban J connectivity index is 2.21. The zero-order valence-corrected chi connectivity index (χ0v) is 9.90. The Hall–Kier alpha value is -0.870. The molecule has 1 saturated carbocycles. The van der Waals surface area contributed by atoms with E-state index in [-0.39, 0.29) is 6.61 Å². The Kier molecular flexibility index (Phi) is 3.96. The zero-order chi connectivity index (χ0) is 11.4. The first-order chi connectivity index (χ1) is 7.83. The summed E-state index contributed by atoms with van der Waals surface area (Å²) >= 11 is 6.08. The maximum absolute atomic E-state index is 9.12. The van der Waals surface area contributed by atoms with Crippen molar-refractivity contribution in [3.05, 3.63) is 17.5 Å². The standard InChI is InChI=1S/C11H16ClN3O/c12-10-7-13-8-14-11(10)15(5-6-16)9-3-1-2-4-9/h7-9,16H,1-6H2. The fraction of sp³-hybridized carbons (Fsp3) is 0.636. The molecule has 16 heavy (non-hydrogen) atoms. The Morgan fingerprint density at radius 1 is 1.44 bits per heavy atom. The summed E-state index contributed by atoms with van der Waals surface area (Å²) in [5, 5.41) is 9.68. The van der Waals surface area contributed by atoms with Crippen molar-refractivity contribution in [3.63, 3.8) is 0 Å². The molecule has 1 aromatic rings. The number of anilines is 1. The number of hydrogen-bond acceptors (Lipinski definition) is 4. The van der Waals surface area contributed by atoms with Crippen molar-refractivity contribution in [2.45, 2.75) is 31.7 Å². The van der Waals surface area contributed by atoms with E-state index in [1.54, 1.807) is 6.20 Å². The molecule has 0 unspecified atom stereocenters. The van der Waals surface area contributed by atoms with Crippen LogP contribution in [0.4, 0.5) is 5.82 Å². The lowest BCUT2D eigenvalue weighted by atomic mass is 10.2. The molecule has 1 heterocycles. The minimum Gasteiger partial charge on any atom is -0.395 e. The summed E-state index contributed by atoms with van der Waals surface area (Å²) < 4.78 is 0. The molecule has 1 aliphatic rings. The van der Waals surface area contributed by atoms with Crippen LogP contribution in [0.25, 0.3) is 0 Å². The Morgan fingerprint density at radius 2 is 2.19 bits per heavy atom. The van der Waals surface area contributed by atoms with E-state index in [2.05, 4.69) is 14.9 Å². The summed E-state index contributed by atoms with van der Waals surface area (Å²) in [7, 11) is 0. The number of nitrogens with zero attached hydrogens (tertiary/aromatic N) is 3. The van der Waals surface area contributed by atoms with Crippen molar-refractivity contribution in [2.75, 3.05) is 18.1 Å². The monoisotopic (exact) mass is 241 g/mol. The van der Waals surface area contributed by atoms with Crippen molar-refractivity contribution < 1.29 is 5.11 Å². The van der Waals surface area contributed by atoms with E-state index in [9.17, 15) is 0 Å². The van der Waals surface area contributed by atoms with E-state index in [4.69, 9.17) is 16.7 Å². The minimum atomic E-state index is 0.122. The molecule has 0 amide bonds. The number of aliphatic hydroxyl groups is 1. The lowest BCUT2D eigenvalue weighted by Gasteiger charge is -2.29. The SMILES string of the molecule is OCCN(c1ncncc1Cl)C1CCCC1. The maximum atomic E-state index is 9.12. The van der Waals surface area contributed by atoms with Gasteiger partial charge in [-0.15, -0.1) is 0 Å². The lowest BCUT2D eigenvalue weighted by Crippen LogP contribution is -2.36. The fourth-order valence-corrected chi connectivity index (χ4v) is 2.52. The van der Waals surface area contributed by atoms with Crippen molar-refractivity contribution >= 4 is 17.4 Å². The van der Waals surface area contributed by atoms with Gasteiger partial charge in [0, 0.05) is 12.6 Å². The summed E-state index contributed by atoms with van der Waals surface area (Å²) in [5.41, 5.74) is 0. The second-order valence-corrected chi connectivity index (χ2v) is 4.46. The van der Waals surface area contributed by atoms with Gasteiger partial charge in [0.1, 0.15) is 11.3 Å². The first kappa shape index (κ1) is 11.6. The minimum absolute atomic E-state index is 0.122. The van der Waals surface area contributed by atoms with Crippen LogP contribution in [0, 0.1) is 0 Å². The summed E-state index contributed by atoms with van der Waals surface area (Å²) in [5.74, 6) is 0.748. The van der Waals surface area contributed by atoms with Gasteiger partial charge in [-0.3, -0.25) is 0 Å². The van der Waals surface area contributed by atoms with Gasteiger partial charge in [-0.1, -0.05) is 24.4 Å². The smallest absolute Gasteiger partial charge is 0.151 e. The van der Waals surface area contributed by atoms with E-state index >= 15 is 0 Å². The van der Waals surface area contributed by atoms with Gasteiger partial charge >= 0.3 is 0 Å². The highest BCUT2D eigenvalue weighted by molar-refractivity contribution is 6.32. The molecule has 88 valence electrons.